The smallest absolute Gasteiger partial charge is 0.246 e. The fourth-order valence-electron chi connectivity index (χ4n) is 3.39. The van der Waals surface area contributed by atoms with Gasteiger partial charge in [-0.2, -0.15) is 4.31 Å². The van der Waals surface area contributed by atoms with E-state index < -0.39 is 15.8 Å². The van der Waals surface area contributed by atoms with Crippen LogP contribution in [-0.2, 0) is 10.0 Å². The molecule has 2 heterocycles. The second-order valence-corrected chi connectivity index (χ2v) is 8.62. The van der Waals surface area contributed by atoms with E-state index in [2.05, 4.69) is 15.3 Å². The monoisotopic (exact) mass is 416 g/mol. The summed E-state index contributed by atoms with van der Waals surface area (Å²) in [5.41, 5.74) is 1.09. The minimum atomic E-state index is -3.68. The Kier molecular flexibility index (Phi) is 5.33. The Labute approximate surface area is 168 Å². The number of halogens is 1. The zero-order valence-electron chi connectivity index (χ0n) is 15.9. The summed E-state index contributed by atoms with van der Waals surface area (Å²) in [6.45, 7) is 3.16. The van der Waals surface area contributed by atoms with Crippen molar-refractivity contribution in [2.45, 2.75) is 24.7 Å². The van der Waals surface area contributed by atoms with Crippen molar-refractivity contribution in [3.63, 3.8) is 0 Å². The topological polar surface area (TPSA) is 84.4 Å². The molecule has 0 saturated carbocycles. The Morgan fingerprint density at radius 3 is 2.69 bits per heavy atom. The van der Waals surface area contributed by atoms with Crippen molar-refractivity contribution in [2.75, 3.05) is 25.0 Å². The fraction of sp³-hybridized carbons (Fsp3) is 0.300. The number of sulfonamides is 1. The van der Waals surface area contributed by atoms with Crippen LogP contribution in [0.4, 0.5) is 15.9 Å². The third-order valence-electron chi connectivity index (χ3n) is 4.79. The van der Waals surface area contributed by atoms with E-state index in [9.17, 15) is 12.8 Å². The maximum atomic E-state index is 13.7. The van der Waals surface area contributed by atoms with E-state index in [1.54, 1.807) is 25.1 Å². The van der Waals surface area contributed by atoms with Gasteiger partial charge in [-0.25, -0.2) is 22.8 Å². The average molecular weight is 416 g/mol. The second kappa shape index (κ2) is 7.92. The van der Waals surface area contributed by atoms with E-state index in [-0.39, 0.29) is 4.90 Å². The van der Waals surface area contributed by atoms with Crippen molar-refractivity contribution < 1.29 is 17.5 Å². The highest BCUT2D eigenvalue weighted by Crippen LogP contribution is 2.33. The molecule has 2 aromatic carbocycles. The van der Waals surface area contributed by atoms with Gasteiger partial charge in [0.05, 0.1) is 12.1 Å². The Balaban J connectivity index is 1.75. The largest absolute Gasteiger partial charge is 0.492 e. The molecule has 1 aromatic heterocycles. The second-order valence-electron chi connectivity index (χ2n) is 6.71. The first-order chi connectivity index (χ1) is 14.0. The molecule has 0 unspecified atom stereocenters. The van der Waals surface area contributed by atoms with Gasteiger partial charge in [-0.1, -0.05) is 0 Å². The van der Waals surface area contributed by atoms with Crippen LogP contribution < -0.4 is 10.1 Å². The molecule has 0 radical (unpaired) electrons. The number of anilines is 2. The summed E-state index contributed by atoms with van der Waals surface area (Å²) < 4.78 is 47.0. The molecule has 0 aliphatic carbocycles. The van der Waals surface area contributed by atoms with Gasteiger partial charge < -0.3 is 10.1 Å². The van der Waals surface area contributed by atoms with E-state index in [0.717, 1.165) is 12.8 Å². The molecule has 29 heavy (non-hydrogen) atoms. The summed E-state index contributed by atoms with van der Waals surface area (Å²) in [5, 5.41) is 3.60. The Morgan fingerprint density at radius 2 is 1.93 bits per heavy atom. The summed E-state index contributed by atoms with van der Waals surface area (Å²) >= 11 is 0. The van der Waals surface area contributed by atoms with Gasteiger partial charge in [0.15, 0.2) is 0 Å². The summed E-state index contributed by atoms with van der Waals surface area (Å²) in [7, 11) is -3.68. The molecule has 7 nitrogen and oxygen atoms in total. The van der Waals surface area contributed by atoms with E-state index in [1.165, 1.54) is 28.8 Å². The normalized spacial score (nSPS) is 15.0. The van der Waals surface area contributed by atoms with Crippen LogP contribution in [-0.4, -0.2) is 42.4 Å². The highest BCUT2D eigenvalue weighted by Gasteiger charge is 2.30. The number of fused-ring (bicyclic) bond motifs is 1. The van der Waals surface area contributed by atoms with Crippen LogP contribution in [0.3, 0.4) is 0 Å². The molecule has 0 bridgehead atoms. The third-order valence-corrected chi connectivity index (χ3v) is 6.71. The van der Waals surface area contributed by atoms with Gasteiger partial charge in [-0.05, 0) is 56.2 Å². The summed E-state index contributed by atoms with van der Waals surface area (Å²) in [6.07, 6.45) is 3.07. The molecular weight excluding hydrogens is 395 g/mol. The molecule has 1 fully saturated rings. The summed E-state index contributed by atoms with van der Waals surface area (Å²) in [4.78, 5) is 8.43. The quantitative estimate of drug-likeness (QED) is 0.660. The van der Waals surface area contributed by atoms with Gasteiger partial charge in [-0.3, -0.25) is 0 Å². The van der Waals surface area contributed by atoms with Crippen LogP contribution in [0.2, 0.25) is 0 Å². The van der Waals surface area contributed by atoms with Crippen LogP contribution in [0.5, 0.6) is 5.75 Å². The van der Waals surface area contributed by atoms with Crippen molar-refractivity contribution >= 4 is 32.4 Å². The summed E-state index contributed by atoms with van der Waals surface area (Å²) in [6, 6.07) is 9.11. The lowest BCUT2D eigenvalue weighted by Crippen LogP contribution is -2.28. The zero-order valence-corrected chi connectivity index (χ0v) is 16.7. The van der Waals surface area contributed by atoms with Gasteiger partial charge in [0.1, 0.15) is 28.6 Å². The molecule has 1 aliphatic heterocycles. The number of hydrogen-bond donors (Lipinski definition) is 1. The number of benzene rings is 2. The molecule has 0 atom stereocenters. The van der Waals surface area contributed by atoms with Gasteiger partial charge in [0.25, 0.3) is 0 Å². The van der Waals surface area contributed by atoms with E-state index in [4.69, 9.17) is 4.74 Å². The van der Waals surface area contributed by atoms with Crippen molar-refractivity contribution in [1.29, 1.82) is 0 Å². The van der Waals surface area contributed by atoms with E-state index >= 15 is 0 Å². The molecule has 1 saturated heterocycles. The van der Waals surface area contributed by atoms with Gasteiger partial charge >= 0.3 is 0 Å². The predicted octanol–water partition coefficient (Wildman–Crippen LogP) is 3.70. The molecule has 9 heteroatoms. The molecule has 1 aliphatic rings. The first-order valence-electron chi connectivity index (χ1n) is 9.43. The van der Waals surface area contributed by atoms with Gasteiger partial charge in [0, 0.05) is 24.2 Å². The molecule has 1 N–H and O–H groups in total. The maximum Gasteiger partial charge on any atom is 0.246 e. The van der Waals surface area contributed by atoms with E-state index in [0.29, 0.717) is 47.9 Å². The minimum Gasteiger partial charge on any atom is -0.492 e. The first-order valence-corrected chi connectivity index (χ1v) is 10.9. The predicted molar refractivity (Wildman–Crippen MR) is 108 cm³/mol. The molecule has 152 valence electrons. The minimum absolute atomic E-state index is 0.107. The van der Waals surface area contributed by atoms with Gasteiger partial charge in [-0.15, -0.1) is 0 Å². The highest BCUT2D eigenvalue weighted by molar-refractivity contribution is 7.89. The molecule has 3 aromatic rings. The lowest BCUT2D eigenvalue weighted by Gasteiger charge is -2.19. The van der Waals surface area contributed by atoms with E-state index in [1.807, 2.05) is 0 Å². The number of aromatic nitrogens is 2. The number of nitrogens with one attached hydrogen (secondary N) is 1. The third kappa shape index (κ3) is 3.88. The number of rotatable bonds is 6. The number of ether oxygens (including phenoxy) is 1. The van der Waals surface area contributed by atoms with Crippen molar-refractivity contribution in [2.24, 2.45) is 0 Å². The lowest BCUT2D eigenvalue weighted by atomic mass is 10.2. The molecule has 0 spiro atoms. The molecular formula is C20H21FN4O3S. The Hall–Kier alpha value is -2.78. The highest BCUT2D eigenvalue weighted by atomic mass is 32.2. The summed E-state index contributed by atoms with van der Waals surface area (Å²) in [5.74, 6) is 0.297. The zero-order chi connectivity index (χ0) is 20.4. The van der Waals surface area contributed by atoms with Crippen LogP contribution in [0.25, 0.3) is 10.9 Å². The average Bonchev–Trinajstić information content (AvgIpc) is 3.25. The number of nitrogens with zero attached hydrogens (tertiary/aromatic N) is 3. The first kappa shape index (κ1) is 19.5. The maximum absolute atomic E-state index is 13.7. The number of hydrogen-bond acceptors (Lipinski definition) is 6. The Bertz CT molecular complexity index is 1150. The standard InChI is InChI=1S/C20H21FN4O3S/c1-2-28-18-8-6-15(12-19(18)29(26,27)25-9-3-4-10-25)24-20-16-11-14(21)5-7-17(16)22-13-23-20/h5-8,11-13H,2-4,9-10H2,1H3,(H,22,23,24). The van der Waals surface area contributed by atoms with Crippen molar-refractivity contribution in [3.05, 3.63) is 48.5 Å². The van der Waals surface area contributed by atoms with Crippen LogP contribution in [0, 0.1) is 5.82 Å². The SMILES string of the molecule is CCOc1ccc(Nc2ncnc3ccc(F)cc23)cc1S(=O)(=O)N1CCCC1. The van der Waals surface area contributed by atoms with Crippen LogP contribution in [0.1, 0.15) is 19.8 Å². The molecule has 0 amide bonds. The van der Waals surface area contributed by atoms with Crippen molar-refractivity contribution in [3.8, 4) is 5.75 Å². The lowest BCUT2D eigenvalue weighted by molar-refractivity contribution is 0.330. The Morgan fingerprint density at radius 1 is 1.14 bits per heavy atom. The fourth-order valence-corrected chi connectivity index (χ4v) is 5.07. The van der Waals surface area contributed by atoms with Gasteiger partial charge in [0.2, 0.25) is 10.0 Å². The molecule has 4 rings (SSSR count). The van der Waals surface area contributed by atoms with Crippen molar-refractivity contribution in [1.82, 2.24) is 14.3 Å². The van der Waals surface area contributed by atoms with Crippen LogP contribution >= 0.6 is 0 Å². The van der Waals surface area contributed by atoms with Crippen LogP contribution in [0.15, 0.2) is 47.6 Å².